The fourth-order valence-corrected chi connectivity index (χ4v) is 3.05. The third kappa shape index (κ3) is 2.40. The van der Waals surface area contributed by atoms with E-state index in [1.165, 1.54) is 6.42 Å². The van der Waals surface area contributed by atoms with E-state index in [2.05, 4.69) is 19.2 Å². The van der Waals surface area contributed by atoms with Crippen molar-refractivity contribution in [1.29, 1.82) is 0 Å². The molecule has 0 aromatic heterocycles. The maximum Gasteiger partial charge on any atom is 0.223 e. The normalized spacial score (nSPS) is 37.6. The zero-order valence-corrected chi connectivity index (χ0v) is 10.5. The molecule has 0 heterocycles. The van der Waals surface area contributed by atoms with Gasteiger partial charge in [0, 0.05) is 17.5 Å². The van der Waals surface area contributed by atoms with Crippen molar-refractivity contribution >= 4 is 5.91 Å². The molecule has 3 heteroatoms. The van der Waals surface area contributed by atoms with Crippen LogP contribution in [0, 0.1) is 11.8 Å². The van der Waals surface area contributed by atoms with Crippen molar-refractivity contribution in [3.63, 3.8) is 0 Å². The van der Waals surface area contributed by atoms with Crippen LogP contribution in [0.15, 0.2) is 0 Å². The molecule has 92 valence electrons. The van der Waals surface area contributed by atoms with Crippen molar-refractivity contribution in [3.05, 3.63) is 0 Å². The topological polar surface area (TPSA) is 55.1 Å². The van der Waals surface area contributed by atoms with E-state index in [1.807, 2.05) is 0 Å². The molecule has 0 radical (unpaired) electrons. The van der Waals surface area contributed by atoms with Gasteiger partial charge in [0.05, 0.1) is 0 Å². The number of hydrogen-bond acceptors (Lipinski definition) is 2. The van der Waals surface area contributed by atoms with E-state index in [9.17, 15) is 4.79 Å². The van der Waals surface area contributed by atoms with Gasteiger partial charge in [0.25, 0.3) is 0 Å². The molecule has 3 N–H and O–H groups in total. The number of rotatable bonds is 2. The SMILES string of the molecule is CC1CC(N)CCC1C(=O)NC1(C)CCC1. The lowest BCUT2D eigenvalue weighted by molar-refractivity contribution is -0.130. The van der Waals surface area contributed by atoms with Gasteiger partial charge in [0.1, 0.15) is 0 Å². The summed E-state index contributed by atoms with van der Waals surface area (Å²) >= 11 is 0. The van der Waals surface area contributed by atoms with Crippen LogP contribution in [-0.4, -0.2) is 17.5 Å². The summed E-state index contributed by atoms with van der Waals surface area (Å²) in [5.41, 5.74) is 6.01. The van der Waals surface area contributed by atoms with Gasteiger partial charge in [0.2, 0.25) is 5.91 Å². The van der Waals surface area contributed by atoms with Gasteiger partial charge in [-0.3, -0.25) is 4.79 Å². The second-order valence-corrected chi connectivity index (χ2v) is 6.06. The lowest BCUT2D eigenvalue weighted by atomic mass is 9.75. The zero-order valence-electron chi connectivity index (χ0n) is 10.5. The second kappa shape index (κ2) is 4.36. The molecule has 0 bridgehead atoms. The summed E-state index contributed by atoms with van der Waals surface area (Å²) in [7, 11) is 0. The highest BCUT2D eigenvalue weighted by Gasteiger charge is 2.37. The number of carbonyl (C=O) groups is 1. The van der Waals surface area contributed by atoms with E-state index in [0.29, 0.717) is 12.0 Å². The van der Waals surface area contributed by atoms with Gasteiger partial charge in [-0.1, -0.05) is 6.92 Å². The Kier molecular flexibility index (Phi) is 3.24. The standard InChI is InChI=1S/C13H24N2O/c1-9-8-10(14)4-5-11(9)12(16)15-13(2)6-3-7-13/h9-11H,3-8,14H2,1-2H3,(H,15,16). The van der Waals surface area contributed by atoms with Crippen LogP contribution in [0.1, 0.15) is 52.4 Å². The molecule has 2 rings (SSSR count). The molecule has 2 aliphatic carbocycles. The summed E-state index contributed by atoms with van der Waals surface area (Å²) in [6.45, 7) is 4.32. The van der Waals surface area contributed by atoms with Gasteiger partial charge in [-0.25, -0.2) is 0 Å². The minimum atomic E-state index is 0.0936. The van der Waals surface area contributed by atoms with E-state index < -0.39 is 0 Å². The monoisotopic (exact) mass is 224 g/mol. The van der Waals surface area contributed by atoms with Crippen LogP contribution >= 0.6 is 0 Å². The third-order valence-corrected chi connectivity index (χ3v) is 4.43. The quantitative estimate of drug-likeness (QED) is 0.751. The van der Waals surface area contributed by atoms with Crippen molar-refractivity contribution in [2.24, 2.45) is 17.6 Å². The zero-order chi connectivity index (χ0) is 11.8. The molecular weight excluding hydrogens is 200 g/mol. The highest BCUT2D eigenvalue weighted by Crippen LogP contribution is 2.34. The van der Waals surface area contributed by atoms with Gasteiger partial charge < -0.3 is 11.1 Å². The van der Waals surface area contributed by atoms with Crippen LogP contribution in [0.3, 0.4) is 0 Å². The maximum atomic E-state index is 12.2. The van der Waals surface area contributed by atoms with Crippen molar-refractivity contribution in [2.45, 2.75) is 64.0 Å². The lowest BCUT2D eigenvalue weighted by Crippen LogP contribution is -2.54. The largest absolute Gasteiger partial charge is 0.351 e. The number of nitrogens with two attached hydrogens (primary N) is 1. The molecule has 0 aromatic rings. The van der Waals surface area contributed by atoms with E-state index in [1.54, 1.807) is 0 Å². The number of carbonyl (C=O) groups excluding carboxylic acids is 1. The molecule has 2 aliphatic rings. The van der Waals surface area contributed by atoms with Crippen LogP contribution in [-0.2, 0) is 4.79 Å². The predicted octanol–water partition coefficient (Wildman–Crippen LogP) is 1.81. The van der Waals surface area contributed by atoms with Gasteiger partial charge >= 0.3 is 0 Å². The summed E-state index contributed by atoms with van der Waals surface area (Å²) in [5, 5.41) is 3.23. The Morgan fingerprint density at radius 2 is 2.06 bits per heavy atom. The van der Waals surface area contributed by atoms with Crippen LogP contribution in [0.25, 0.3) is 0 Å². The molecule has 0 aliphatic heterocycles. The van der Waals surface area contributed by atoms with Crippen LogP contribution in [0.2, 0.25) is 0 Å². The predicted molar refractivity (Wildman–Crippen MR) is 64.9 cm³/mol. The minimum absolute atomic E-state index is 0.0936. The van der Waals surface area contributed by atoms with E-state index >= 15 is 0 Å². The lowest BCUT2D eigenvalue weighted by Gasteiger charge is -2.41. The molecule has 3 unspecified atom stereocenters. The maximum absolute atomic E-state index is 12.2. The summed E-state index contributed by atoms with van der Waals surface area (Å²) in [6, 6.07) is 0.304. The Bertz CT molecular complexity index is 273. The van der Waals surface area contributed by atoms with Gasteiger partial charge in [-0.15, -0.1) is 0 Å². The van der Waals surface area contributed by atoms with Crippen LogP contribution in [0.4, 0.5) is 0 Å². The first-order chi connectivity index (χ1) is 7.50. The van der Waals surface area contributed by atoms with Gasteiger partial charge in [-0.2, -0.15) is 0 Å². The minimum Gasteiger partial charge on any atom is -0.351 e. The molecule has 3 atom stereocenters. The van der Waals surface area contributed by atoms with E-state index in [4.69, 9.17) is 5.73 Å². The van der Waals surface area contributed by atoms with Crippen LogP contribution in [0.5, 0.6) is 0 Å². The first-order valence-corrected chi connectivity index (χ1v) is 6.58. The Balaban J connectivity index is 1.89. The van der Waals surface area contributed by atoms with Crippen molar-refractivity contribution in [1.82, 2.24) is 5.32 Å². The summed E-state index contributed by atoms with van der Waals surface area (Å²) in [4.78, 5) is 12.2. The van der Waals surface area contributed by atoms with E-state index in [0.717, 1.165) is 32.1 Å². The van der Waals surface area contributed by atoms with Gasteiger partial charge in [-0.05, 0) is 51.4 Å². The fraction of sp³-hybridized carbons (Fsp3) is 0.923. The highest BCUT2D eigenvalue weighted by molar-refractivity contribution is 5.80. The number of nitrogens with one attached hydrogen (secondary N) is 1. The van der Waals surface area contributed by atoms with Gasteiger partial charge in [0.15, 0.2) is 0 Å². The molecule has 3 nitrogen and oxygen atoms in total. The van der Waals surface area contributed by atoms with E-state index in [-0.39, 0.29) is 17.4 Å². The molecule has 0 spiro atoms. The Labute approximate surface area is 98.2 Å². The highest BCUT2D eigenvalue weighted by atomic mass is 16.2. The Morgan fingerprint density at radius 1 is 1.38 bits per heavy atom. The van der Waals surface area contributed by atoms with Crippen LogP contribution < -0.4 is 11.1 Å². The summed E-state index contributed by atoms with van der Waals surface area (Å²) < 4.78 is 0. The number of hydrogen-bond donors (Lipinski definition) is 2. The second-order valence-electron chi connectivity index (χ2n) is 6.06. The average molecular weight is 224 g/mol. The molecule has 2 fully saturated rings. The number of amides is 1. The molecular formula is C13H24N2O. The summed E-state index contributed by atoms with van der Waals surface area (Å²) in [5.74, 6) is 0.895. The Hall–Kier alpha value is -0.570. The Morgan fingerprint density at radius 3 is 2.56 bits per heavy atom. The molecule has 16 heavy (non-hydrogen) atoms. The molecule has 0 aromatic carbocycles. The molecule has 0 saturated heterocycles. The third-order valence-electron chi connectivity index (χ3n) is 4.43. The fourth-order valence-electron chi connectivity index (χ4n) is 3.05. The van der Waals surface area contributed by atoms with Crippen molar-refractivity contribution < 1.29 is 4.79 Å². The van der Waals surface area contributed by atoms with Crippen molar-refractivity contribution in [3.8, 4) is 0 Å². The smallest absolute Gasteiger partial charge is 0.223 e. The first-order valence-electron chi connectivity index (χ1n) is 6.58. The van der Waals surface area contributed by atoms with Crippen molar-refractivity contribution in [2.75, 3.05) is 0 Å². The molecule has 2 saturated carbocycles. The average Bonchev–Trinajstić information content (AvgIpc) is 2.14. The summed E-state index contributed by atoms with van der Waals surface area (Å²) in [6.07, 6.45) is 6.48. The molecule has 1 amide bonds. The first kappa shape index (κ1) is 11.9.